The molecule has 96 heavy (non-hydrogen) atoms. The molecule has 0 aliphatic rings. The maximum absolute atomic E-state index is 13.1. The maximum Gasteiger partial charge on any atom is 0.472 e. The minimum atomic E-state index is -4.96. The Morgan fingerprint density at radius 3 is 0.792 bits per heavy atom. The molecular formula is C77H150O17P2. The zero-order valence-corrected chi connectivity index (χ0v) is 64.5. The van der Waals surface area contributed by atoms with E-state index in [1.54, 1.807) is 0 Å². The molecule has 0 spiro atoms. The molecular weight excluding hydrogens is 1260 g/mol. The van der Waals surface area contributed by atoms with Gasteiger partial charge >= 0.3 is 39.5 Å². The minimum Gasteiger partial charge on any atom is -0.462 e. The van der Waals surface area contributed by atoms with Gasteiger partial charge in [0.25, 0.3) is 0 Å². The quantitative estimate of drug-likeness (QED) is 0.0222. The first kappa shape index (κ1) is 94.1. The average Bonchev–Trinajstić information content (AvgIpc) is 1.12. The third-order valence-corrected chi connectivity index (χ3v) is 20.2. The van der Waals surface area contributed by atoms with Gasteiger partial charge in [-0.1, -0.05) is 350 Å². The molecule has 3 N–H and O–H groups in total. The van der Waals surface area contributed by atoms with Crippen molar-refractivity contribution in [2.24, 2.45) is 11.8 Å². The van der Waals surface area contributed by atoms with E-state index in [0.717, 1.165) is 102 Å². The standard InChI is InChI=1S/C77H150O17P2/c1-7-10-12-14-16-18-20-28-33-36-40-47-53-59-74(79)87-65-72(93-77(82)62-56-50-42-38-34-30-27-25-23-22-24-26-29-31-35-39-46-52-58-70(6)9-3)67-91-95(83,84)89-63-71(78)64-90-96(85,86)92-68-73(66-88-75(80)60-54-48-44-43-45-51-57-69(4)5)94-76(81)61-55-49-41-37-32-21-19-17-15-13-11-8-2/h69-73,78H,7-68H2,1-6H3,(H,83,84)(H,85,86)/t70?,71-,72-,73-/m1/s1. The normalized spacial score (nSPS) is 14.3. The van der Waals surface area contributed by atoms with Gasteiger partial charge in [0.1, 0.15) is 19.3 Å². The molecule has 0 aromatic heterocycles. The highest BCUT2D eigenvalue weighted by Crippen LogP contribution is 2.45. The molecule has 0 rings (SSSR count). The van der Waals surface area contributed by atoms with Gasteiger partial charge in [-0.2, -0.15) is 0 Å². The molecule has 0 fully saturated rings. The Morgan fingerprint density at radius 1 is 0.302 bits per heavy atom. The summed E-state index contributed by atoms with van der Waals surface area (Å²) >= 11 is 0. The predicted molar refractivity (Wildman–Crippen MR) is 391 cm³/mol. The third kappa shape index (κ3) is 69.2. The number of phosphoric acid groups is 2. The van der Waals surface area contributed by atoms with Crippen molar-refractivity contribution in [1.82, 2.24) is 0 Å². The van der Waals surface area contributed by atoms with Crippen molar-refractivity contribution in [3.8, 4) is 0 Å². The van der Waals surface area contributed by atoms with Crippen LogP contribution < -0.4 is 0 Å². The number of aliphatic hydroxyl groups is 1. The Bertz CT molecular complexity index is 1860. The van der Waals surface area contributed by atoms with Crippen LogP contribution in [0.25, 0.3) is 0 Å². The van der Waals surface area contributed by atoms with Crippen LogP contribution in [0, 0.1) is 11.8 Å². The number of carbonyl (C=O) groups is 4. The number of esters is 4. The summed E-state index contributed by atoms with van der Waals surface area (Å²) in [5, 5.41) is 10.6. The molecule has 3 unspecified atom stereocenters. The van der Waals surface area contributed by atoms with Gasteiger partial charge in [0, 0.05) is 25.7 Å². The Balaban J connectivity index is 5.18. The van der Waals surface area contributed by atoms with E-state index in [-0.39, 0.29) is 25.7 Å². The predicted octanol–water partition coefficient (Wildman–Crippen LogP) is 22.7. The number of rotatable bonds is 76. The molecule has 570 valence electrons. The van der Waals surface area contributed by atoms with Crippen molar-refractivity contribution in [1.29, 1.82) is 0 Å². The van der Waals surface area contributed by atoms with Crippen LogP contribution in [0.2, 0.25) is 0 Å². The van der Waals surface area contributed by atoms with E-state index in [2.05, 4.69) is 41.5 Å². The van der Waals surface area contributed by atoms with Crippen LogP contribution >= 0.6 is 15.6 Å². The number of aliphatic hydroxyl groups excluding tert-OH is 1. The van der Waals surface area contributed by atoms with E-state index in [9.17, 15) is 43.2 Å². The molecule has 0 radical (unpaired) electrons. The van der Waals surface area contributed by atoms with E-state index >= 15 is 0 Å². The van der Waals surface area contributed by atoms with Crippen molar-refractivity contribution in [2.75, 3.05) is 39.6 Å². The summed E-state index contributed by atoms with van der Waals surface area (Å²) < 4.78 is 68.5. The highest BCUT2D eigenvalue weighted by molar-refractivity contribution is 7.47. The van der Waals surface area contributed by atoms with Crippen LogP contribution in [-0.4, -0.2) is 96.7 Å². The number of hydrogen-bond acceptors (Lipinski definition) is 15. The van der Waals surface area contributed by atoms with Crippen LogP contribution in [0.3, 0.4) is 0 Å². The van der Waals surface area contributed by atoms with Crippen molar-refractivity contribution in [3.05, 3.63) is 0 Å². The Hall–Kier alpha value is -1.94. The number of ether oxygens (including phenoxy) is 4. The lowest BCUT2D eigenvalue weighted by atomic mass is 9.99. The van der Waals surface area contributed by atoms with Crippen molar-refractivity contribution >= 4 is 39.5 Å². The lowest BCUT2D eigenvalue weighted by Gasteiger charge is -2.21. The lowest BCUT2D eigenvalue weighted by molar-refractivity contribution is -0.161. The van der Waals surface area contributed by atoms with Gasteiger partial charge in [-0.25, -0.2) is 9.13 Å². The first-order chi connectivity index (χ1) is 46.4. The van der Waals surface area contributed by atoms with Crippen LogP contribution in [0.1, 0.15) is 401 Å². The molecule has 6 atom stereocenters. The summed E-state index contributed by atoms with van der Waals surface area (Å²) in [7, 11) is -9.91. The van der Waals surface area contributed by atoms with Gasteiger partial charge in [-0.05, 0) is 37.5 Å². The molecule has 19 heteroatoms. The maximum atomic E-state index is 13.1. The first-order valence-corrected chi connectivity index (χ1v) is 43.0. The monoisotopic (exact) mass is 1410 g/mol. The summed E-state index contributed by atoms with van der Waals surface area (Å²) in [6.45, 7) is 9.58. The highest BCUT2D eigenvalue weighted by Gasteiger charge is 2.30. The van der Waals surface area contributed by atoms with Gasteiger partial charge < -0.3 is 33.8 Å². The van der Waals surface area contributed by atoms with E-state index in [0.29, 0.717) is 31.6 Å². The highest BCUT2D eigenvalue weighted by atomic mass is 31.2. The largest absolute Gasteiger partial charge is 0.472 e. The van der Waals surface area contributed by atoms with E-state index < -0.39 is 97.5 Å². The molecule has 0 aliphatic carbocycles. The second-order valence-electron chi connectivity index (χ2n) is 28.5. The number of hydrogen-bond donors (Lipinski definition) is 3. The second-order valence-corrected chi connectivity index (χ2v) is 31.4. The summed E-state index contributed by atoms with van der Waals surface area (Å²) in [5.74, 6) is -0.565. The number of phosphoric ester groups is 2. The zero-order valence-electron chi connectivity index (χ0n) is 62.7. The fraction of sp³-hybridized carbons (Fsp3) is 0.948. The summed E-state index contributed by atoms with van der Waals surface area (Å²) in [6.07, 6.45) is 57.0. The van der Waals surface area contributed by atoms with Gasteiger partial charge in [0.05, 0.1) is 26.4 Å². The van der Waals surface area contributed by atoms with E-state index in [1.807, 2.05) is 0 Å². The Labute approximate surface area is 588 Å². The molecule has 0 aliphatic heterocycles. The van der Waals surface area contributed by atoms with Gasteiger partial charge in [0.15, 0.2) is 12.2 Å². The topological polar surface area (TPSA) is 237 Å². The second kappa shape index (κ2) is 68.8. The first-order valence-electron chi connectivity index (χ1n) is 40.0. The van der Waals surface area contributed by atoms with Crippen molar-refractivity contribution in [2.45, 2.75) is 419 Å². The van der Waals surface area contributed by atoms with Crippen LogP contribution in [0.15, 0.2) is 0 Å². The zero-order chi connectivity index (χ0) is 70.7. The smallest absolute Gasteiger partial charge is 0.462 e. The fourth-order valence-electron chi connectivity index (χ4n) is 11.8. The van der Waals surface area contributed by atoms with Crippen LogP contribution in [-0.2, 0) is 65.4 Å². The molecule has 0 heterocycles. The third-order valence-electron chi connectivity index (χ3n) is 18.3. The SMILES string of the molecule is CCCCCCCCCCCCCCCC(=O)OC[C@H](COP(=O)(O)OC[C@@H](O)COP(=O)(O)OC[C@@H](COC(=O)CCCCCCCCC(C)C)OC(=O)CCCCCCCCCCCCCC)OC(=O)CCCCCCCCCCCCCCCCCCCCC(C)CC. The minimum absolute atomic E-state index is 0.106. The van der Waals surface area contributed by atoms with Crippen molar-refractivity contribution in [3.63, 3.8) is 0 Å². The Morgan fingerprint density at radius 2 is 0.531 bits per heavy atom. The molecule has 0 aromatic carbocycles. The van der Waals surface area contributed by atoms with Gasteiger partial charge in [-0.15, -0.1) is 0 Å². The summed E-state index contributed by atoms with van der Waals surface area (Å²) in [6, 6.07) is 0. The van der Waals surface area contributed by atoms with Crippen LogP contribution in [0.5, 0.6) is 0 Å². The van der Waals surface area contributed by atoms with Gasteiger partial charge in [0.2, 0.25) is 0 Å². The molecule has 0 saturated heterocycles. The molecule has 0 bridgehead atoms. The van der Waals surface area contributed by atoms with E-state index in [1.165, 1.54) is 212 Å². The molecule has 0 aromatic rings. The van der Waals surface area contributed by atoms with Crippen LogP contribution in [0.4, 0.5) is 0 Å². The summed E-state index contributed by atoms with van der Waals surface area (Å²) in [5.41, 5.74) is 0. The molecule has 0 amide bonds. The molecule has 17 nitrogen and oxygen atoms in total. The number of unbranched alkanes of at least 4 members (excludes halogenated alkanes) is 45. The van der Waals surface area contributed by atoms with Crippen molar-refractivity contribution < 1.29 is 80.2 Å². The lowest BCUT2D eigenvalue weighted by Crippen LogP contribution is -2.30. The molecule has 0 saturated carbocycles. The number of carbonyl (C=O) groups excluding carboxylic acids is 4. The Kier molecular flexibility index (Phi) is 67.4. The average molecular weight is 1410 g/mol. The summed E-state index contributed by atoms with van der Waals surface area (Å²) in [4.78, 5) is 72.7. The van der Waals surface area contributed by atoms with E-state index in [4.69, 9.17) is 37.0 Å². The van der Waals surface area contributed by atoms with Gasteiger partial charge in [-0.3, -0.25) is 37.3 Å². The fourth-order valence-corrected chi connectivity index (χ4v) is 13.4.